The molecule has 6 heteroatoms. The number of hydrogen-bond donors (Lipinski definition) is 0. The van der Waals surface area contributed by atoms with Gasteiger partial charge in [-0.2, -0.15) is 0 Å². The second-order valence-corrected chi connectivity index (χ2v) is 22.3. The molecular weight excluding hydrogens is 789 g/mol. The Morgan fingerprint density at radius 3 is 1.34 bits per heavy atom. The first-order valence-corrected chi connectivity index (χ1v) is 23.2. The van der Waals surface area contributed by atoms with Gasteiger partial charge in [0.1, 0.15) is 11.2 Å². The largest absolute Gasteiger partial charge is 0.311 e. The summed E-state index contributed by atoms with van der Waals surface area (Å²) in [5, 5.41) is 0. The molecule has 0 fully saturated rings. The smallest absolute Gasteiger partial charge is 0.252 e. The fourth-order valence-corrected chi connectivity index (χ4v) is 9.73. The average Bonchev–Trinajstić information content (AvgIpc) is 3.27. The molecule has 2 aliphatic rings. The molecule has 10 rings (SSSR count). The molecule has 2 aliphatic heterocycles. The maximum atomic E-state index is 5.60. The van der Waals surface area contributed by atoms with Crippen LogP contribution in [0.15, 0.2) is 146 Å². The molecule has 0 radical (unpaired) electrons. The van der Waals surface area contributed by atoms with Gasteiger partial charge in [0.25, 0.3) is 6.71 Å². The monoisotopic (exact) mass is 849 g/mol. The van der Waals surface area contributed by atoms with E-state index in [2.05, 4.69) is 226 Å². The van der Waals surface area contributed by atoms with E-state index >= 15 is 0 Å². The lowest BCUT2D eigenvalue weighted by Crippen LogP contribution is -2.61. The SMILES string of the molecule is CC(C)(C)c1ccc(N2c3ccccc3B3c4ccccc4N(c4ccc(C(C)(C)C)cc4)c4cc(-c5nc(-c6cc(C(C)(C)C)cc(C(C)(C)C)c6)c6ncccc6n5)cc2c43)cc1. The minimum absolute atomic E-state index is 0.00452. The Bertz CT molecular complexity index is 2980. The van der Waals surface area contributed by atoms with Crippen molar-refractivity contribution < 1.29 is 0 Å². The lowest BCUT2D eigenvalue weighted by Gasteiger charge is -2.44. The van der Waals surface area contributed by atoms with Crippen molar-refractivity contribution in [1.82, 2.24) is 15.0 Å². The van der Waals surface area contributed by atoms with Gasteiger partial charge in [-0.3, -0.25) is 4.98 Å². The van der Waals surface area contributed by atoms with Crippen LogP contribution in [0.2, 0.25) is 0 Å². The molecule has 5 nitrogen and oxygen atoms in total. The Morgan fingerprint density at radius 1 is 0.415 bits per heavy atom. The van der Waals surface area contributed by atoms with Gasteiger partial charge in [-0.05, 0) is 133 Å². The highest BCUT2D eigenvalue weighted by Crippen LogP contribution is 2.47. The molecule has 324 valence electrons. The number of aromatic nitrogens is 3. The Balaban J connectivity index is 1.29. The van der Waals surface area contributed by atoms with E-state index in [1.807, 2.05) is 12.3 Å². The average molecular weight is 850 g/mol. The number of anilines is 6. The second-order valence-electron chi connectivity index (χ2n) is 22.3. The van der Waals surface area contributed by atoms with E-state index in [1.165, 1.54) is 50.0 Å². The van der Waals surface area contributed by atoms with Gasteiger partial charge in [-0.15, -0.1) is 0 Å². The van der Waals surface area contributed by atoms with E-state index in [0.29, 0.717) is 5.82 Å². The predicted octanol–water partition coefficient (Wildman–Crippen LogP) is 13.6. The molecule has 0 amide bonds. The third kappa shape index (κ3) is 7.41. The van der Waals surface area contributed by atoms with Crippen LogP contribution in [0.3, 0.4) is 0 Å². The Labute approximate surface area is 386 Å². The molecule has 0 saturated carbocycles. The first-order valence-electron chi connectivity index (χ1n) is 23.2. The highest BCUT2D eigenvalue weighted by Gasteiger charge is 2.43. The van der Waals surface area contributed by atoms with Crippen molar-refractivity contribution in [2.24, 2.45) is 0 Å². The summed E-state index contributed by atoms with van der Waals surface area (Å²) >= 11 is 0. The summed E-state index contributed by atoms with van der Waals surface area (Å²) in [6, 6.07) is 52.1. The number of pyridine rings is 1. The van der Waals surface area contributed by atoms with E-state index < -0.39 is 0 Å². The normalized spacial score (nSPS) is 13.8. The summed E-state index contributed by atoms with van der Waals surface area (Å²) in [7, 11) is 0. The molecule has 0 atom stereocenters. The molecule has 65 heavy (non-hydrogen) atoms. The summed E-state index contributed by atoms with van der Waals surface area (Å²) in [6.45, 7) is 27.4. The van der Waals surface area contributed by atoms with E-state index in [0.717, 1.165) is 50.6 Å². The number of hydrogen-bond acceptors (Lipinski definition) is 5. The zero-order valence-corrected chi connectivity index (χ0v) is 40.2. The molecular formula is C59H60BN5. The summed E-state index contributed by atoms with van der Waals surface area (Å²) in [5.41, 5.74) is 20.2. The first kappa shape index (κ1) is 42.4. The van der Waals surface area contributed by atoms with Crippen molar-refractivity contribution in [2.75, 3.05) is 9.80 Å². The standard InChI is InChI=1S/C59H60BN5/c1-56(2,3)39-23-27-43(28-24-39)64-48-21-15-13-18-45(48)60-46-19-14-16-22-49(46)65(44-29-25-40(26-30-44)57(4,5)6)51-35-38(34-50(64)52(51)60)55-62-47-20-17-31-61-54(47)53(63-55)37-32-41(58(7,8)9)36-42(33-37)59(10,11)12/h13-36H,1-12H3. The Hall–Kier alpha value is -6.53. The summed E-state index contributed by atoms with van der Waals surface area (Å²) in [6.07, 6.45) is 1.86. The fraction of sp³-hybridized carbons (Fsp3) is 0.271. The topological polar surface area (TPSA) is 45.2 Å². The van der Waals surface area contributed by atoms with Gasteiger partial charge in [-0.25, -0.2) is 9.97 Å². The highest BCUT2D eigenvalue weighted by atomic mass is 15.2. The quantitative estimate of drug-likeness (QED) is 0.165. The van der Waals surface area contributed by atoms with Crippen LogP contribution in [0.25, 0.3) is 33.7 Å². The van der Waals surface area contributed by atoms with Crippen molar-refractivity contribution in [1.29, 1.82) is 0 Å². The third-order valence-corrected chi connectivity index (χ3v) is 13.5. The lowest BCUT2D eigenvalue weighted by atomic mass is 9.33. The lowest BCUT2D eigenvalue weighted by molar-refractivity contribution is 0.569. The minimum Gasteiger partial charge on any atom is -0.311 e. The van der Waals surface area contributed by atoms with E-state index in [1.54, 1.807) is 0 Å². The van der Waals surface area contributed by atoms with Crippen LogP contribution in [0, 0.1) is 0 Å². The molecule has 0 bridgehead atoms. The van der Waals surface area contributed by atoms with Crippen LogP contribution in [0.4, 0.5) is 34.1 Å². The molecule has 0 unspecified atom stereocenters. The summed E-state index contributed by atoms with van der Waals surface area (Å²) < 4.78 is 0. The molecule has 0 aliphatic carbocycles. The fourth-order valence-electron chi connectivity index (χ4n) is 9.73. The number of rotatable bonds is 4. The van der Waals surface area contributed by atoms with Crippen LogP contribution in [-0.4, -0.2) is 21.7 Å². The van der Waals surface area contributed by atoms with Crippen LogP contribution in [0.5, 0.6) is 0 Å². The first-order chi connectivity index (χ1) is 30.8. The summed E-state index contributed by atoms with van der Waals surface area (Å²) in [4.78, 5) is 20.9. The number of nitrogens with zero attached hydrogens (tertiary/aromatic N) is 5. The van der Waals surface area contributed by atoms with Gasteiger partial charge in [0.2, 0.25) is 0 Å². The molecule has 8 aromatic rings. The van der Waals surface area contributed by atoms with E-state index in [9.17, 15) is 0 Å². The maximum Gasteiger partial charge on any atom is 0.252 e. The van der Waals surface area contributed by atoms with Crippen molar-refractivity contribution >= 4 is 68.3 Å². The predicted molar refractivity (Wildman–Crippen MR) is 277 cm³/mol. The van der Waals surface area contributed by atoms with E-state index in [4.69, 9.17) is 15.0 Å². The zero-order valence-electron chi connectivity index (χ0n) is 40.2. The van der Waals surface area contributed by atoms with E-state index in [-0.39, 0.29) is 28.4 Å². The summed E-state index contributed by atoms with van der Waals surface area (Å²) in [5.74, 6) is 0.665. The Kier molecular flexibility index (Phi) is 9.80. The van der Waals surface area contributed by atoms with Crippen LogP contribution >= 0.6 is 0 Å². The Morgan fingerprint density at radius 2 is 0.877 bits per heavy atom. The third-order valence-electron chi connectivity index (χ3n) is 13.5. The minimum atomic E-state index is -0.0670. The van der Waals surface area contributed by atoms with Gasteiger partial charge in [-0.1, -0.05) is 150 Å². The molecule has 2 aromatic heterocycles. The van der Waals surface area contributed by atoms with Crippen LogP contribution < -0.4 is 26.2 Å². The van der Waals surface area contributed by atoms with Crippen LogP contribution in [-0.2, 0) is 21.7 Å². The molecule has 0 spiro atoms. The number of fused-ring (bicyclic) bond motifs is 5. The van der Waals surface area contributed by atoms with Gasteiger partial charge >= 0.3 is 0 Å². The van der Waals surface area contributed by atoms with Gasteiger partial charge in [0.05, 0.1) is 5.52 Å². The molecule has 0 saturated heterocycles. The maximum absolute atomic E-state index is 5.60. The van der Waals surface area contributed by atoms with Crippen LogP contribution in [0.1, 0.15) is 105 Å². The van der Waals surface area contributed by atoms with Crippen molar-refractivity contribution in [3.05, 3.63) is 168 Å². The number of para-hydroxylation sites is 2. The van der Waals surface area contributed by atoms with Crippen molar-refractivity contribution in [2.45, 2.75) is 105 Å². The second kappa shape index (κ2) is 15.0. The van der Waals surface area contributed by atoms with Crippen molar-refractivity contribution in [3.63, 3.8) is 0 Å². The number of benzene rings is 6. The molecule has 4 heterocycles. The molecule has 0 N–H and O–H groups in total. The zero-order chi connectivity index (χ0) is 45.8. The van der Waals surface area contributed by atoms with Gasteiger partial charge in [0.15, 0.2) is 5.82 Å². The van der Waals surface area contributed by atoms with Crippen molar-refractivity contribution in [3.8, 4) is 22.6 Å². The highest BCUT2D eigenvalue weighted by molar-refractivity contribution is 7.00. The van der Waals surface area contributed by atoms with Gasteiger partial charge < -0.3 is 9.80 Å². The molecule has 6 aromatic carbocycles. The van der Waals surface area contributed by atoms with Gasteiger partial charge in [0, 0.05) is 51.4 Å².